The van der Waals surface area contributed by atoms with E-state index in [2.05, 4.69) is 10.9 Å². The molecule has 0 radical (unpaired) electrons. The second-order valence-electron chi connectivity index (χ2n) is 6.39. The van der Waals surface area contributed by atoms with E-state index in [9.17, 15) is 17.6 Å². The summed E-state index contributed by atoms with van der Waals surface area (Å²) in [6.07, 6.45) is 5.50. The zero-order valence-corrected chi connectivity index (χ0v) is 17.8. The molecule has 0 atom stereocenters. The lowest BCUT2D eigenvalue weighted by Crippen LogP contribution is -2.16. The summed E-state index contributed by atoms with van der Waals surface area (Å²) in [6.45, 7) is 0.184. The lowest BCUT2D eigenvalue weighted by molar-refractivity contribution is -0.118. The first-order chi connectivity index (χ1) is 14.3. The van der Waals surface area contributed by atoms with Gasteiger partial charge in [0.05, 0.1) is 34.5 Å². The van der Waals surface area contributed by atoms with Crippen LogP contribution >= 0.6 is 11.3 Å². The minimum absolute atomic E-state index is 0.0337. The number of aromatic nitrogens is 1. The number of fused-ring (bicyclic) bond motifs is 1. The van der Waals surface area contributed by atoms with E-state index >= 15 is 0 Å². The van der Waals surface area contributed by atoms with Gasteiger partial charge in [-0.15, -0.1) is 6.42 Å². The standard InChI is InChI=1S/C21H19FN2O4S2/c1-3-12-24-18-11-6-15(22)14-19(18)29-21(24)23-20(25)5-4-13-30(26,27)17-9-7-16(28-2)8-10-17/h1,6-11,14H,4-5,12-13H2,2H3. The highest BCUT2D eigenvalue weighted by atomic mass is 32.2. The summed E-state index contributed by atoms with van der Waals surface area (Å²) in [5.74, 6) is 2.03. The number of amides is 1. The van der Waals surface area contributed by atoms with Gasteiger partial charge in [0.25, 0.3) is 0 Å². The predicted octanol–water partition coefficient (Wildman–Crippen LogP) is 3.17. The van der Waals surface area contributed by atoms with Crippen LogP contribution in [0.25, 0.3) is 10.2 Å². The van der Waals surface area contributed by atoms with Crippen LogP contribution in [-0.2, 0) is 21.2 Å². The Morgan fingerprint density at radius 1 is 1.27 bits per heavy atom. The molecule has 3 aromatic rings. The molecule has 1 aromatic heterocycles. The summed E-state index contributed by atoms with van der Waals surface area (Å²) < 4.78 is 45.6. The van der Waals surface area contributed by atoms with E-state index in [1.54, 1.807) is 22.8 Å². The Morgan fingerprint density at radius 2 is 2.00 bits per heavy atom. The van der Waals surface area contributed by atoms with E-state index in [4.69, 9.17) is 11.2 Å². The van der Waals surface area contributed by atoms with Gasteiger partial charge in [-0.1, -0.05) is 17.3 Å². The second kappa shape index (κ2) is 9.24. The summed E-state index contributed by atoms with van der Waals surface area (Å²) in [4.78, 5) is 16.9. The average molecular weight is 447 g/mol. The topological polar surface area (TPSA) is 77.7 Å². The molecule has 0 fully saturated rings. The molecule has 0 aliphatic rings. The summed E-state index contributed by atoms with van der Waals surface area (Å²) in [5, 5.41) is 0. The minimum atomic E-state index is -3.52. The van der Waals surface area contributed by atoms with Gasteiger partial charge in [0.15, 0.2) is 14.6 Å². The third-order valence-electron chi connectivity index (χ3n) is 4.34. The van der Waals surface area contributed by atoms with Crippen LogP contribution in [0.5, 0.6) is 5.75 Å². The first kappa shape index (κ1) is 21.7. The van der Waals surface area contributed by atoms with Crippen molar-refractivity contribution < 1.29 is 22.3 Å². The Labute approximate surface area is 177 Å². The summed E-state index contributed by atoms with van der Waals surface area (Å²) >= 11 is 1.16. The molecule has 9 heteroatoms. The van der Waals surface area contributed by atoms with E-state index in [1.165, 1.54) is 31.4 Å². The molecule has 0 spiro atoms. The van der Waals surface area contributed by atoms with E-state index in [-0.39, 0.29) is 30.0 Å². The highest BCUT2D eigenvalue weighted by Crippen LogP contribution is 2.19. The molecule has 0 bridgehead atoms. The van der Waals surface area contributed by atoms with E-state index in [1.807, 2.05) is 0 Å². The first-order valence-electron chi connectivity index (χ1n) is 9.01. The molecular formula is C21H19FN2O4S2. The molecule has 0 saturated carbocycles. The van der Waals surface area contributed by atoms with Gasteiger partial charge in [0.1, 0.15) is 11.6 Å². The Balaban J connectivity index is 1.73. The molecule has 0 saturated heterocycles. The molecule has 1 heterocycles. The number of sulfone groups is 1. The number of methoxy groups -OCH3 is 1. The molecule has 0 aliphatic heterocycles. The fourth-order valence-corrected chi connectivity index (χ4v) is 5.24. The van der Waals surface area contributed by atoms with Gasteiger partial charge in [-0.05, 0) is 48.9 Å². The molecule has 3 rings (SSSR count). The Morgan fingerprint density at radius 3 is 2.67 bits per heavy atom. The number of thiazole rings is 1. The van der Waals surface area contributed by atoms with Crippen LogP contribution in [0.3, 0.4) is 0 Å². The number of nitrogens with zero attached hydrogens (tertiary/aromatic N) is 2. The maximum Gasteiger partial charge on any atom is 0.248 e. The monoisotopic (exact) mass is 446 g/mol. The number of hydrogen-bond donors (Lipinski definition) is 0. The predicted molar refractivity (Wildman–Crippen MR) is 113 cm³/mol. The van der Waals surface area contributed by atoms with Crippen molar-refractivity contribution in [3.63, 3.8) is 0 Å². The van der Waals surface area contributed by atoms with Gasteiger partial charge in [-0.2, -0.15) is 4.99 Å². The van der Waals surface area contributed by atoms with E-state index in [0.29, 0.717) is 20.8 Å². The lowest BCUT2D eigenvalue weighted by Gasteiger charge is -2.05. The van der Waals surface area contributed by atoms with Crippen molar-refractivity contribution in [3.05, 3.63) is 53.1 Å². The van der Waals surface area contributed by atoms with Crippen LogP contribution in [0.4, 0.5) is 4.39 Å². The normalized spacial score (nSPS) is 12.1. The number of ether oxygens (including phenoxy) is 1. The molecule has 0 unspecified atom stereocenters. The van der Waals surface area contributed by atoms with Crippen LogP contribution in [0.1, 0.15) is 12.8 Å². The zero-order chi connectivity index (χ0) is 21.7. The van der Waals surface area contributed by atoms with Gasteiger partial charge in [0.2, 0.25) is 5.91 Å². The van der Waals surface area contributed by atoms with Crippen LogP contribution in [0.15, 0.2) is 52.4 Å². The van der Waals surface area contributed by atoms with Crippen LogP contribution < -0.4 is 9.54 Å². The quantitative estimate of drug-likeness (QED) is 0.523. The summed E-state index contributed by atoms with van der Waals surface area (Å²) in [7, 11) is -2.02. The smallest absolute Gasteiger partial charge is 0.248 e. The van der Waals surface area contributed by atoms with Crippen molar-refractivity contribution in [1.29, 1.82) is 0 Å². The third-order valence-corrected chi connectivity index (χ3v) is 7.19. The Kier molecular flexibility index (Phi) is 6.70. The van der Waals surface area contributed by atoms with Crippen molar-refractivity contribution >= 4 is 37.3 Å². The molecular weight excluding hydrogens is 427 g/mol. The van der Waals surface area contributed by atoms with Crippen LogP contribution in [-0.4, -0.2) is 31.8 Å². The number of benzene rings is 2. The van der Waals surface area contributed by atoms with E-state index in [0.717, 1.165) is 11.3 Å². The van der Waals surface area contributed by atoms with Gasteiger partial charge in [-0.25, -0.2) is 12.8 Å². The average Bonchev–Trinajstić information content (AvgIpc) is 3.04. The molecule has 6 nitrogen and oxygen atoms in total. The molecule has 2 aromatic carbocycles. The largest absolute Gasteiger partial charge is 0.497 e. The molecule has 0 aliphatic carbocycles. The fraction of sp³-hybridized carbons (Fsp3) is 0.238. The van der Waals surface area contributed by atoms with Gasteiger partial charge in [0, 0.05) is 6.42 Å². The minimum Gasteiger partial charge on any atom is -0.497 e. The molecule has 30 heavy (non-hydrogen) atoms. The van der Waals surface area contributed by atoms with E-state index < -0.39 is 21.6 Å². The fourth-order valence-electron chi connectivity index (χ4n) is 2.85. The van der Waals surface area contributed by atoms with Crippen molar-refractivity contribution in [2.45, 2.75) is 24.3 Å². The number of carbonyl (C=O) groups is 1. The van der Waals surface area contributed by atoms with Gasteiger partial charge < -0.3 is 9.30 Å². The molecule has 0 N–H and O–H groups in total. The van der Waals surface area contributed by atoms with Crippen molar-refractivity contribution in [2.24, 2.45) is 4.99 Å². The summed E-state index contributed by atoms with van der Waals surface area (Å²) in [5.41, 5.74) is 0.688. The van der Waals surface area contributed by atoms with Crippen LogP contribution in [0.2, 0.25) is 0 Å². The number of halogens is 1. The SMILES string of the molecule is C#CCn1c(=NC(=O)CCCS(=O)(=O)c2ccc(OC)cc2)sc2cc(F)ccc21. The third kappa shape index (κ3) is 4.96. The van der Waals surface area contributed by atoms with Crippen LogP contribution in [0, 0.1) is 18.2 Å². The highest BCUT2D eigenvalue weighted by molar-refractivity contribution is 7.91. The second-order valence-corrected chi connectivity index (χ2v) is 9.51. The highest BCUT2D eigenvalue weighted by Gasteiger charge is 2.15. The number of rotatable bonds is 7. The van der Waals surface area contributed by atoms with Crippen molar-refractivity contribution in [3.8, 4) is 18.1 Å². The lowest BCUT2D eigenvalue weighted by atomic mass is 10.3. The zero-order valence-electron chi connectivity index (χ0n) is 16.2. The molecule has 1 amide bonds. The molecule has 156 valence electrons. The Bertz CT molecular complexity index is 1280. The number of carbonyl (C=O) groups excluding carboxylic acids is 1. The Hall–Kier alpha value is -2.96. The van der Waals surface area contributed by atoms with Crippen molar-refractivity contribution in [2.75, 3.05) is 12.9 Å². The maximum absolute atomic E-state index is 13.5. The maximum atomic E-state index is 13.5. The first-order valence-corrected chi connectivity index (χ1v) is 11.5. The number of terminal acetylenes is 1. The van der Waals surface area contributed by atoms with Crippen molar-refractivity contribution in [1.82, 2.24) is 4.57 Å². The van der Waals surface area contributed by atoms with Gasteiger partial charge >= 0.3 is 0 Å². The summed E-state index contributed by atoms with van der Waals surface area (Å²) in [6, 6.07) is 10.3. The number of hydrogen-bond acceptors (Lipinski definition) is 5. The van der Waals surface area contributed by atoms with Gasteiger partial charge in [-0.3, -0.25) is 4.79 Å².